The zero-order valence-electron chi connectivity index (χ0n) is 11.2. The lowest BCUT2D eigenvalue weighted by Crippen LogP contribution is -2.40. The number of carbonyl (C=O) groups excluding carboxylic acids is 1. The van der Waals surface area contributed by atoms with Crippen LogP contribution in [0, 0.1) is 0 Å². The van der Waals surface area contributed by atoms with Crippen LogP contribution in [0.25, 0.3) is 0 Å². The van der Waals surface area contributed by atoms with Crippen LogP contribution in [0.2, 0.25) is 0 Å². The van der Waals surface area contributed by atoms with Gasteiger partial charge in [0.05, 0.1) is 6.61 Å². The summed E-state index contributed by atoms with van der Waals surface area (Å²) >= 11 is 0. The van der Waals surface area contributed by atoms with Crippen LogP contribution in [0.3, 0.4) is 0 Å². The molecule has 5 N–H and O–H groups in total. The Morgan fingerprint density at radius 3 is 2.52 bits per heavy atom. The van der Waals surface area contributed by atoms with Crippen molar-refractivity contribution in [3.8, 4) is 0 Å². The fourth-order valence-corrected chi connectivity index (χ4v) is 2.04. The Morgan fingerprint density at radius 1 is 1.38 bits per heavy atom. The lowest BCUT2D eigenvalue weighted by molar-refractivity contribution is 0.158. The number of oxime groups is 1. The zero-order valence-corrected chi connectivity index (χ0v) is 12.1. The number of hydrogen-bond donors (Lipinski definition) is 4. The summed E-state index contributed by atoms with van der Waals surface area (Å²) in [6.07, 6.45) is -1.05. The fourth-order valence-electron chi connectivity index (χ4n) is 1.34. The normalized spacial score (nSPS) is 12.0. The molecule has 0 heterocycles. The second kappa shape index (κ2) is 7.45. The summed E-state index contributed by atoms with van der Waals surface area (Å²) in [5, 5.41) is 11.4. The molecule has 0 atom stereocenters. The number of nitrogens with two attached hydrogens (primary N) is 1. The van der Waals surface area contributed by atoms with Gasteiger partial charge in [-0.05, 0) is 12.5 Å². The van der Waals surface area contributed by atoms with Gasteiger partial charge in [0.25, 0.3) is 0 Å². The Morgan fingerprint density at radius 2 is 2.00 bits per heavy atom. The number of ether oxygens (including phenoxy) is 1. The third-order valence-electron chi connectivity index (χ3n) is 2.32. The van der Waals surface area contributed by atoms with Gasteiger partial charge in [0.2, 0.25) is 0 Å². The van der Waals surface area contributed by atoms with Gasteiger partial charge in [0.1, 0.15) is 0 Å². The predicted octanol–water partition coefficient (Wildman–Crippen LogP) is -0.138. The van der Waals surface area contributed by atoms with E-state index in [1.807, 2.05) is 0 Å². The number of amides is 1. The molecule has 10 heteroatoms. The molecule has 116 valence electrons. The molecule has 9 nitrogen and oxygen atoms in total. The summed E-state index contributed by atoms with van der Waals surface area (Å²) in [5.74, 6) is -0.0499. The van der Waals surface area contributed by atoms with Crippen LogP contribution in [0.4, 0.5) is 4.79 Å². The summed E-state index contributed by atoms with van der Waals surface area (Å²) < 4.78 is 31.4. The SMILES string of the molecule is CCOC(=O)NS(=O)(=O)NCc1ccc(/C(N)=N/O)cc1. The van der Waals surface area contributed by atoms with Crippen LogP contribution in [0.15, 0.2) is 29.4 Å². The molecule has 0 aliphatic rings. The molecule has 0 unspecified atom stereocenters. The Labute approximate surface area is 122 Å². The highest BCUT2D eigenvalue weighted by Crippen LogP contribution is 2.04. The molecule has 0 aromatic heterocycles. The topological polar surface area (TPSA) is 143 Å². The first-order chi connectivity index (χ1) is 9.88. The van der Waals surface area contributed by atoms with Crippen molar-refractivity contribution in [2.45, 2.75) is 13.5 Å². The number of nitrogens with one attached hydrogen (secondary N) is 2. The van der Waals surface area contributed by atoms with Crippen molar-refractivity contribution in [3.63, 3.8) is 0 Å². The van der Waals surface area contributed by atoms with E-state index in [0.29, 0.717) is 11.1 Å². The first-order valence-electron chi connectivity index (χ1n) is 5.89. The van der Waals surface area contributed by atoms with E-state index in [1.165, 1.54) is 0 Å². The van der Waals surface area contributed by atoms with E-state index in [-0.39, 0.29) is 19.0 Å². The Balaban J connectivity index is 2.60. The third kappa shape index (κ3) is 5.67. The van der Waals surface area contributed by atoms with E-state index in [9.17, 15) is 13.2 Å². The molecular weight excluding hydrogens is 300 g/mol. The summed E-state index contributed by atoms with van der Waals surface area (Å²) in [4.78, 5) is 11.0. The average Bonchev–Trinajstić information content (AvgIpc) is 2.44. The van der Waals surface area contributed by atoms with Crippen LogP contribution in [-0.4, -0.2) is 32.2 Å². The van der Waals surface area contributed by atoms with Crippen molar-refractivity contribution < 1.29 is 23.2 Å². The minimum atomic E-state index is -4.00. The van der Waals surface area contributed by atoms with Crippen LogP contribution >= 0.6 is 0 Å². The van der Waals surface area contributed by atoms with E-state index < -0.39 is 16.3 Å². The molecule has 1 amide bonds. The maximum atomic E-state index is 11.5. The van der Waals surface area contributed by atoms with Gasteiger partial charge in [-0.15, -0.1) is 0 Å². The van der Waals surface area contributed by atoms with Crippen LogP contribution in [-0.2, 0) is 21.5 Å². The minimum absolute atomic E-state index is 0.0365. The smallest absolute Gasteiger partial charge is 0.421 e. The first-order valence-corrected chi connectivity index (χ1v) is 7.37. The van der Waals surface area contributed by atoms with Crippen molar-refractivity contribution in [3.05, 3.63) is 35.4 Å². The summed E-state index contributed by atoms with van der Waals surface area (Å²) in [6, 6.07) is 6.33. The maximum absolute atomic E-state index is 11.5. The van der Waals surface area contributed by atoms with E-state index in [4.69, 9.17) is 10.9 Å². The van der Waals surface area contributed by atoms with Crippen molar-refractivity contribution in [2.75, 3.05) is 6.61 Å². The quantitative estimate of drug-likeness (QED) is 0.249. The second-order valence-electron chi connectivity index (χ2n) is 3.83. The Hall–Kier alpha value is -2.33. The fraction of sp³-hybridized carbons (Fsp3) is 0.273. The average molecular weight is 316 g/mol. The zero-order chi connectivity index (χ0) is 15.9. The molecule has 21 heavy (non-hydrogen) atoms. The summed E-state index contributed by atoms with van der Waals surface area (Å²) in [7, 11) is -4.00. The van der Waals surface area contributed by atoms with Crippen LogP contribution < -0.4 is 15.2 Å². The lowest BCUT2D eigenvalue weighted by atomic mass is 10.1. The van der Waals surface area contributed by atoms with Gasteiger partial charge in [0, 0.05) is 12.1 Å². The van der Waals surface area contributed by atoms with Gasteiger partial charge in [-0.25, -0.2) is 9.52 Å². The monoisotopic (exact) mass is 316 g/mol. The molecule has 0 radical (unpaired) electrons. The van der Waals surface area contributed by atoms with Crippen molar-refractivity contribution >= 4 is 22.1 Å². The second-order valence-corrected chi connectivity index (χ2v) is 5.33. The van der Waals surface area contributed by atoms with Crippen molar-refractivity contribution in [2.24, 2.45) is 10.9 Å². The molecule has 1 rings (SSSR count). The largest absolute Gasteiger partial charge is 0.449 e. The highest BCUT2D eigenvalue weighted by atomic mass is 32.2. The van der Waals surface area contributed by atoms with E-state index in [0.717, 1.165) is 0 Å². The molecule has 0 fully saturated rings. The van der Waals surface area contributed by atoms with Crippen molar-refractivity contribution in [1.29, 1.82) is 0 Å². The highest BCUT2D eigenvalue weighted by molar-refractivity contribution is 7.88. The lowest BCUT2D eigenvalue weighted by Gasteiger charge is -2.08. The Bertz CT molecular complexity index is 612. The number of amidine groups is 1. The maximum Gasteiger partial charge on any atom is 0.421 e. The predicted molar refractivity (Wildman–Crippen MR) is 74.9 cm³/mol. The van der Waals surface area contributed by atoms with E-state index in [1.54, 1.807) is 35.9 Å². The molecule has 0 aliphatic heterocycles. The minimum Gasteiger partial charge on any atom is -0.449 e. The standard InChI is InChI=1S/C11H16N4O5S/c1-2-20-11(16)15-21(18,19)13-7-8-3-5-9(6-4-8)10(12)14-17/h3-6,13,17H,2,7H2,1H3,(H2,12,14)(H,15,16). The summed E-state index contributed by atoms with van der Waals surface area (Å²) in [5.41, 5.74) is 6.52. The molecule has 0 saturated heterocycles. The van der Waals surface area contributed by atoms with Crippen LogP contribution in [0.5, 0.6) is 0 Å². The number of hydrogen-bond acceptors (Lipinski definition) is 6. The molecule has 0 bridgehead atoms. The van der Waals surface area contributed by atoms with Crippen LogP contribution in [0.1, 0.15) is 18.1 Å². The van der Waals surface area contributed by atoms with Gasteiger partial charge in [-0.2, -0.15) is 13.1 Å². The third-order valence-corrected chi connectivity index (χ3v) is 3.28. The molecule has 1 aromatic carbocycles. The molecular formula is C11H16N4O5S. The van der Waals surface area contributed by atoms with E-state index >= 15 is 0 Å². The van der Waals surface area contributed by atoms with Gasteiger partial charge in [-0.3, -0.25) is 0 Å². The van der Waals surface area contributed by atoms with E-state index in [2.05, 4.69) is 14.6 Å². The van der Waals surface area contributed by atoms with Gasteiger partial charge in [0.15, 0.2) is 5.84 Å². The molecule has 0 aliphatic carbocycles. The molecule has 1 aromatic rings. The van der Waals surface area contributed by atoms with Gasteiger partial charge in [-0.1, -0.05) is 29.4 Å². The highest BCUT2D eigenvalue weighted by Gasteiger charge is 2.14. The number of benzene rings is 1. The van der Waals surface area contributed by atoms with Gasteiger partial charge < -0.3 is 15.7 Å². The number of nitrogens with zero attached hydrogens (tertiary/aromatic N) is 1. The first kappa shape index (κ1) is 16.7. The number of carbonyl (C=O) groups is 1. The number of rotatable bonds is 6. The van der Waals surface area contributed by atoms with Crippen molar-refractivity contribution in [1.82, 2.24) is 9.44 Å². The molecule has 0 saturated carbocycles. The summed E-state index contributed by atoms with van der Waals surface area (Å²) in [6.45, 7) is 1.59. The molecule has 0 spiro atoms. The Kier molecular flexibility index (Phi) is 5.93. The van der Waals surface area contributed by atoms with Gasteiger partial charge >= 0.3 is 16.3 Å².